The summed E-state index contributed by atoms with van der Waals surface area (Å²) in [5.74, 6) is 1.10. The van der Waals surface area contributed by atoms with Gasteiger partial charge in [-0.25, -0.2) is 0 Å². The van der Waals surface area contributed by atoms with Crippen molar-refractivity contribution in [1.29, 1.82) is 0 Å². The topological polar surface area (TPSA) is 25.2 Å². The number of halogens is 4. The van der Waals surface area contributed by atoms with Crippen molar-refractivity contribution in [2.75, 3.05) is 6.54 Å². The lowest BCUT2D eigenvalue weighted by atomic mass is 10.0. The standard InChI is InChI=1S/C16H15ClF3NO/c17-12-5-4-10(16(18,19)20)9-11(12)14-6-7-15(22-14)13-3-1-2-8-21-13/h4-7,9,13,21H,1-3,8H2/t13-/m0/s1. The largest absolute Gasteiger partial charge is 0.459 e. The molecule has 0 unspecified atom stereocenters. The number of hydrogen-bond donors (Lipinski definition) is 1. The van der Waals surface area contributed by atoms with E-state index in [1.807, 2.05) is 0 Å². The van der Waals surface area contributed by atoms with Crippen molar-refractivity contribution in [3.05, 3.63) is 46.7 Å². The van der Waals surface area contributed by atoms with E-state index in [0.717, 1.165) is 43.7 Å². The Morgan fingerprint density at radius 3 is 2.64 bits per heavy atom. The number of furan rings is 1. The molecular weight excluding hydrogens is 315 g/mol. The number of hydrogen-bond acceptors (Lipinski definition) is 2. The van der Waals surface area contributed by atoms with Crippen molar-refractivity contribution in [3.63, 3.8) is 0 Å². The van der Waals surface area contributed by atoms with Crippen molar-refractivity contribution in [2.24, 2.45) is 0 Å². The maximum absolute atomic E-state index is 12.8. The summed E-state index contributed by atoms with van der Waals surface area (Å²) in [5, 5.41) is 3.58. The SMILES string of the molecule is FC(F)(F)c1ccc(Cl)c(-c2ccc([C@@H]3CCCCN3)o2)c1. The minimum absolute atomic E-state index is 0.118. The van der Waals surface area contributed by atoms with Gasteiger partial charge < -0.3 is 9.73 Å². The molecule has 2 heterocycles. The molecule has 1 aliphatic heterocycles. The Labute approximate surface area is 131 Å². The molecule has 2 nitrogen and oxygen atoms in total. The molecule has 2 aromatic rings. The lowest BCUT2D eigenvalue weighted by Crippen LogP contribution is -2.26. The summed E-state index contributed by atoms with van der Waals surface area (Å²) >= 11 is 6.03. The molecule has 22 heavy (non-hydrogen) atoms. The summed E-state index contributed by atoms with van der Waals surface area (Å²) in [6.45, 7) is 0.922. The van der Waals surface area contributed by atoms with E-state index in [1.54, 1.807) is 12.1 Å². The van der Waals surface area contributed by atoms with E-state index in [2.05, 4.69) is 5.32 Å². The third-order valence-corrected chi connectivity index (χ3v) is 4.17. The molecular formula is C16H15ClF3NO. The number of benzene rings is 1. The second-order valence-electron chi connectivity index (χ2n) is 5.40. The van der Waals surface area contributed by atoms with Gasteiger partial charge in [-0.3, -0.25) is 0 Å². The number of piperidine rings is 1. The van der Waals surface area contributed by atoms with Gasteiger partial charge in [0.2, 0.25) is 0 Å². The fourth-order valence-electron chi connectivity index (χ4n) is 2.67. The molecule has 1 aromatic heterocycles. The Bertz CT molecular complexity index is 660. The fraction of sp³-hybridized carbons (Fsp3) is 0.375. The van der Waals surface area contributed by atoms with E-state index in [4.69, 9.17) is 16.0 Å². The van der Waals surface area contributed by atoms with Crippen LogP contribution < -0.4 is 5.32 Å². The third-order valence-electron chi connectivity index (χ3n) is 3.84. The van der Waals surface area contributed by atoms with Gasteiger partial charge in [-0.1, -0.05) is 18.0 Å². The molecule has 6 heteroatoms. The highest BCUT2D eigenvalue weighted by atomic mass is 35.5. The first-order chi connectivity index (χ1) is 10.4. The molecule has 3 rings (SSSR count). The molecule has 0 aliphatic carbocycles. The maximum atomic E-state index is 12.8. The van der Waals surface area contributed by atoms with E-state index < -0.39 is 11.7 Å². The van der Waals surface area contributed by atoms with Crippen molar-refractivity contribution in [3.8, 4) is 11.3 Å². The summed E-state index contributed by atoms with van der Waals surface area (Å²) < 4.78 is 44.2. The van der Waals surface area contributed by atoms with Gasteiger partial charge in [0.05, 0.1) is 16.6 Å². The number of rotatable bonds is 2. The van der Waals surface area contributed by atoms with Crippen LogP contribution >= 0.6 is 11.6 Å². The van der Waals surface area contributed by atoms with Crippen LogP contribution in [0.3, 0.4) is 0 Å². The Morgan fingerprint density at radius 1 is 1.14 bits per heavy atom. The van der Waals surface area contributed by atoms with Crippen LogP contribution in [0, 0.1) is 0 Å². The molecule has 1 atom stereocenters. The van der Waals surface area contributed by atoms with Gasteiger partial charge in [0.15, 0.2) is 0 Å². The zero-order chi connectivity index (χ0) is 15.7. The van der Waals surface area contributed by atoms with Gasteiger partial charge in [0, 0.05) is 5.56 Å². The average molecular weight is 330 g/mol. The number of nitrogens with one attached hydrogen (secondary N) is 1. The van der Waals surface area contributed by atoms with Crippen LogP contribution in [0.15, 0.2) is 34.7 Å². The van der Waals surface area contributed by atoms with Crippen LogP contribution in [-0.2, 0) is 6.18 Å². The first-order valence-corrected chi connectivity index (χ1v) is 7.53. The third kappa shape index (κ3) is 3.15. The predicted octanol–water partition coefficient (Wildman–Crippen LogP) is 5.43. The molecule has 0 radical (unpaired) electrons. The molecule has 1 N–H and O–H groups in total. The van der Waals surface area contributed by atoms with Crippen LogP contribution in [0.4, 0.5) is 13.2 Å². The highest BCUT2D eigenvalue weighted by Gasteiger charge is 2.31. The van der Waals surface area contributed by atoms with Crippen molar-refractivity contribution in [2.45, 2.75) is 31.5 Å². The first kappa shape index (κ1) is 15.4. The van der Waals surface area contributed by atoms with E-state index >= 15 is 0 Å². The van der Waals surface area contributed by atoms with E-state index in [0.29, 0.717) is 5.76 Å². The quantitative estimate of drug-likeness (QED) is 0.794. The minimum atomic E-state index is -4.40. The molecule has 0 amide bonds. The Hall–Kier alpha value is -1.46. The molecule has 1 aliphatic rings. The van der Waals surface area contributed by atoms with Gasteiger partial charge in [0.1, 0.15) is 11.5 Å². The average Bonchev–Trinajstić information content (AvgIpc) is 2.97. The molecule has 1 aromatic carbocycles. The highest BCUT2D eigenvalue weighted by Crippen LogP contribution is 2.37. The Kier molecular flexibility index (Phi) is 4.19. The zero-order valence-electron chi connectivity index (χ0n) is 11.7. The number of alkyl halides is 3. The zero-order valence-corrected chi connectivity index (χ0v) is 12.5. The second-order valence-corrected chi connectivity index (χ2v) is 5.80. The monoisotopic (exact) mass is 329 g/mol. The second kappa shape index (κ2) is 5.97. The molecule has 118 valence electrons. The molecule has 1 saturated heterocycles. The van der Waals surface area contributed by atoms with Gasteiger partial charge in [0.25, 0.3) is 0 Å². The molecule has 1 fully saturated rings. The highest BCUT2D eigenvalue weighted by molar-refractivity contribution is 6.33. The molecule has 0 saturated carbocycles. The Balaban J connectivity index is 1.92. The smallest absolute Gasteiger partial charge is 0.416 e. The van der Waals surface area contributed by atoms with E-state index in [1.165, 1.54) is 6.07 Å². The summed E-state index contributed by atoms with van der Waals surface area (Å²) in [6, 6.07) is 6.84. The Morgan fingerprint density at radius 2 is 1.95 bits per heavy atom. The fourth-order valence-corrected chi connectivity index (χ4v) is 2.88. The van der Waals surface area contributed by atoms with Crippen molar-refractivity contribution in [1.82, 2.24) is 5.32 Å². The van der Waals surface area contributed by atoms with Gasteiger partial charge in [-0.05, 0) is 49.7 Å². The normalized spacial score (nSPS) is 19.4. The minimum Gasteiger partial charge on any atom is -0.459 e. The molecule has 0 spiro atoms. The summed E-state index contributed by atoms with van der Waals surface area (Å²) in [4.78, 5) is 0. The maximum Gasteiger partial charge on any atom is 0.416 e. The van der Waals surface area contributed by atoms with Gasteiger partial charge in [-0.2, -0.15) is 13.2 Å². The molecule has 0 bridgehead atoms. The summed E-state index contributed by atoms with van der Waals surface area (Å²) in [5.41, 5.74) is -0.473. The van der Waals surface area contributed by atoms with Crippen LogP contribution in [0.2, 0.25) is 5.02 Å². The van der Waals surface area contributed by atoms with Crippen molar-refractivity contribution >= 4 is 11.6 Å². The van der Waals surface area contributed by atoms with Crippen LogP contribution in [0.5, 0.6) is 0 Å². The van der Waals surface area contributed by atoms with Crippen LogP contribution in [-0.4, -0.2) is 6.54 Å². The van der Waals surface area contributed by atoms with Gasteiger partial charge >= 0.3 is 6.18 Å². The van der Waals surface area contributed by atoms with Crippen molar-refractivity contribution < 1.29 is 17.6 Å². The summed E-state index contributed by atoms with van der Waals surface area (Å²) in [6.07, 6.45) is -1.20. The summed E-state index contributed by atoms with van der Waals surface area (Å²) in [7, 11) is 0. The lowest BCUT2D eigenvalue weighted by Gasteiger charge is -2.21. The predicted molar refractivity (Wildman–Crippen MR) is 78.8 cm³/mol. The lowest BCUT2D eigenvalue weighted by molar-refractivity contribution is -0.137. The van der Waals surface area contributed by atoms with E-state index in [-0.39, 0.29) is 16.6 Å². The first-order valence-electron chi connectivity index (χ1n) is 7.15. The van der Waals surface area contributed by atoms with Crippen LogP contribution in [0.25, 0.3) is 11.3 Å². The van der Waals surface area contributed by atoms with Gasteiger partial charge in [-0.15, -0.1) is 0 Å². The van der Waals surface area contributed by atoms with Crippen LogP contribution in [0.1, 0.15) is 36.6 Å². The van der Waals surface area contributed by atoms with E-state index in [9.17, 15) is 13.2 Å².